The van der Waals surface area contributed by atoms with Crippen LogP contribution in [0.1, 0.15) is 12.7 Å². The first kappa shape index (κ1) is 14.2. The van der Waals surface area contributed by atoms with E-state index in [1.807, 2.05) is 25.1 Å². The Labute approximate surface area is 131 Å². The van der Waals surface area contributed by atoms with Gasteiger partial charge in [0.1, 0.15) is 21.5 Å². The Morgan fingerprint density at radius 1 is 1.24 bits per heavy atom. The summed E-state index contributed by atoms with van der Waals surface area (Å²) in [5, 5.41) is 1.93. The number of nitrogens with zero attached hydrogens (tertiary/aromatic N) is 2. The SMILES string of the molecule is CC(=O)CSc1nc(C)nc2sc(-c3ccccc3)cc12. The summed E-state index contributed by atoms with van der Waals surface area (Å²) >= 11 is 3.15. The Morgan fingerprint density at radius 3 is 2.71 bits per heavy atom. The molecule has 0 bridgehead atoms. The summed E-state index contributed by atoms with van der Waals surface area (Å²) in [6, 6.07) is 12.4. The predicted octanol–water partition coefficient (Wildman–Crippen LogP) is 4.35. The van der Waals surface area contributed by atoms with Crippen LogP contribution in [0.3, 0.4) is 0 Å². The number of Topliss-reactive ketones (excluding diaryl/α,β-unsaturated/α-hetero) is 1. The Kier molecular flexibility index (Phi) is 4.03. The van der Waals surface area contributed by atoms with Crippen molar-refractivity contribution >= 4 is 39.1 Å². The van der Waals surface area contributed by atoms with Crippen LogP contribution in [0.15, 0.2) is 41.4 Å². The second kappa shape index (κ2) is 5.95. The number of aromatic nitrogens is 2. The summed E-state index contributed by atoms with van der Waals surface area (Å²) in [5.74, 6) is 1.35. The van der Waals surface area contributed by atoms with Crippen LogP contribution in [-0.2, 0) is 4.79 Å². The van der Waals surface area contributed by atoms with Crippen molar-refractivity contribution in [3.05, 3.63) is 42.2 Å². The number of thiophene rings is 1. The molecule has 0 saturated carbocycles. The van der Waals surface area contributed by atoms with Gasteiger partial charge in [-0.3, -0.25) is 4.79 Å². The zero-order valence-electron chi connectivity index (χ0n) is 11.8. The first-order valence-corrected chi connectivity index (χ1v) is 8.39. The minimum absolute atomic E-state index is 0.155. The van der Waals surface area contributed by atoms with Gasteiger partial charge in [0.05, 0.1) is 5.75 Å². The van der Waals surface area contributed by atoms with Crippen molar-refractivity contribution in [1.82, 2.24) is 9.97 Å². The molecule has 3 rings (SSSR count). The maximum atomic E-state index is 11.2. The van der Waals surface area contributed by atoms with E-state index in [2.05, 4.69) is 28.2 Å². The lowest BCUT2D eigenvalue weighted by Gasteiger charge is -2.01. The molecular weight excluding hydrogens is 300 g/mol. The Hall–Kier alpha value is -1.72. The van der Waals surface area contributed by atoms with Gasteiger partial charge in [-0.15, -0.1) is 11.3 Å². The summed E-state index contributed by atoms with van der Waals surface area (Å²) < 4.78 is 0. The van der Waals surface area contributed by atoms with Crippen LogP contribution < -0.4 is 0 Å². The Morgan fingerprint density at radius 2 is 2.00 bits per heavy atom. The largest absolute Gasteiger partial charge is 0.299 e. The van der Waals surface area contributed by atoms with Crippen LogP contribution in [0, 0.1) is 6.92 Å². The predicted molar refractivity (Wildman–Crippen MR) is 89.0 cm³/mol. The molecule has 3 nitrogen and oxygen atoms in total. The number of ketones is 1. The summed E-state index contributed by atoms with van der Waals surface area (Å²) in [6.45, 7) is 3.49. The maximum absolute atomic E-state index is 11.2. The minimum Gasteiger partial charge on any atom is -0.299 e. The average molecular weight is 314 g/mol. The Bertz CT molecular complexity index is 797. The van der Waals surface area contributed by atoms with E-state index in [4.69, 9.17) is 0 Å². The van der Waals surface area contributed by atoms with Crippen LogP contribution in [0.4, 0.5) is 0 Å². The average Bonchev–Trinajstić information content (AvgIpc) is 2.89. The summed E-state index contributed by atoms with van der Waals surface area (Å²) in [5.41, 5.74) is 1.18. The van der Waals surface area contributed by atoms with Crippen LogP contribution in [0.5, 0.6) is 0 Å². The molecule has 0 spiro atoms. The number of thioether (sulfide) groups is 1. The molecule has 3 aromatic rings. The molecule has 21 heavy (non-hydrogen) atoms. The lowest BCUT2D eigenvalue weighted by molar-refractivity contribution is -0.114. The van der Waals surface area contributed by atoms with Gasteiger partial charge in [-0.1, -0.05) is 42.1 Å². The molecule has 0 unspecified atom stereocenters. The number of hydrogen-bond acceptors (Lipinski definition) is 5. The van der Waals surface area contributed by atoms with Crippen molar-refractivity contribution in [2.75, 3.05) is 5.75 Å². The van der Waals surface area contributed by atoms with Gasteiger partial charge in [0.15, 0.2) is 0 Å². The van der Waals surface area contributed by atoms with Crippen LogP contribution in [0.25, 0.3) is 20.7 Å². The lowest BCUT2D eigenvalue weighted by Crippen LogP contribution is -1.96. The highest BCUT2D eigenvalue weighted by Crippen LogP contribution is 2.36. The molecular formula is C16H14N2OS2. The topological polar surface area (TPSA) is 42.9 Å². The minimum atomic E-state index is 0.155. The van der Waals surface area contributed by atoms with E-state index in [1.165, 1.54) is 22.2 Å². The third-order valence-corrected chi connectivity index (χ3v) is 5.15. The third kappa shape index (κ3) is 3.14. The lowest BCUT2D eigenvalue weighted by atomic mass is 10.2. The van der Waals surface area contributed by atoms with Crippen molar-refractivity contribution in [1.29, 1.82) is 0 Å². The first-order chi connectivity index (χ1) is 10.1. The molecule has 0 amide bonds. The van der Waals surface area contributed by atoms with Crippen LogP contribution in [0.2, 0.25) is 0 Å². The fraction of sp³-hybridized carbons (Fsp3) is 0.188. The molecule has 0 fully saturated rings. The Balaban J connectivity index is 2.08. The van der Waals surface area contributed by atoms with Gasteiger partial charge in [-0.05, 0) is 25.5 Å². The van der Waals surface area contributed by atoms with E-state index >= 15 is 0 Å². The number of benzene rings is 1. The second-order valence-corrected chi connectivity index (χ2v) is 6.76. The quantitative estimate of drug-likeness (QED) is 0.530. The number of hydrogen-bond donors (Lipinski definition) is 0. The highest BCUT2D eigenvalue weighted by atomic mass is 32.2. The van der Waals surface area contributed by atoms with Crippen molar-refractivity contribution in [3.8, 4) is 10.4 Å². The number of rotatable bonds is 4. The van der Waals surface area contributed by atoms with E-state index in [0.717, 1.165) is 21.1 Å². The molecule has 106 valence electrons. The molecule has 0 N–H and O–H groups in total. The molecule has 0 saturated heterocycles. The normalized spacial score (nSPS) is 11.0. The first-order valence-electron chi connectivity index (χ1n) is 6.59. The van der Waals surface area contributed by atoms with Gasteiger partial charge in [-0.2, -0.15) is 0 Å². The zero-order valence-corrected chi connectivity index (χ0v) is 13.4. The summed E-state index contributed by atoms with van der Waals surface area (Å²) in [7, 11) is 0. The molecule has 0 aliphatic carbocycles. The van der Waals surface area contributed by atoms with Gasteiger partial charge in [0.25, 0.3) is 0 Å². The summed E-state index contributed by atoms with van der Waals surface area (Å²) in [6.07, 6.45) is 0. The van der Waals surface area contributed by atoms with Crippen LogP contribution in [-0.4, -0.2) is 21.5 Å². The second-order valence-electron chi connectivity index (χ2n) is 4.76. The number of carbonyl (C=O) groups excluding carboxylic acids is 1. The smallest absolute Gasteiger partial charge is 0.140 e. The fourth-order valence-electron chi connectivity index (χ4n) is 2.02. The molecule has 2 heterocycles. The third-order valence-electron chi connectivity index (χ3n) is 2.94. The van der Waals surface area contributed by atoms with E-state index in [0.29, 0.717) is 5.75 Å². The monoisotopic (exact) mass is 314 g/mol. The molecule has 1 aromatic carbocycles. The van der Waals surface area contributed by atoms with Crippen molar-refractivity contribution in [2.24, 2.45) is 0 Å². The highest BCUT2D eigenvalue weighted by Gasteiger charge is 2.12. The molecule has 0 radical (unpaired) electrons. The van der Waals surface area contributed by atoms with Crippen molar-refractivity contribution in [3.63, 3.8) is 0 Å². The van der Waals surface area contributed by atoms with Crippen molar-refractivity contribution in [2.45, 2.75) is 18.9 Å². The van der Waals surface area contributed by atoms with Crippen molar-refractivity contribution < 1.29 is 4.79 Å². The number of aryl methyl sites for hydroxylation is 1. The standard InChI is InChI=1S/C16H14N2OS2/c1-10(19)9-20-15-13-8-14(12-6-4-3-5-7-12)21-16(13)18-11(2)17-15/h3-8H,9H2,1-2H3. The van der Waals surface area contributed by atoms with Gasteiger partial charge in [0.2, 0.25) is 0 Å². The van der Waals surface area contributed by atoms with E-state index in [1.54, 1.807) is 18.3 Å². The van der Waals surface area contributed by atoms with E-state index in [9.17, 15) is 4.79 Å². The molecule has 2 aromatic heterocycles. The fourth-order valence-corrected chi connectivity index (χ4v) is 4.02. The van der Waals surface area contributed by atoms with Gasteiger partial charge < -0.3 is 0 Å². The number of carbonyl (C=O) groups is 1. The van der Waals surface area contributed by atoms with Gasteiger partial charge in [0, 0.05) is 10.3 Å². The van der Waals surface area contributed by atoms with Gasteiger partial charge >= 0.3 is 0 Å². The number of fused-ring (bicyclic) bond motifs is 1. The van der Waals surface area contributed by atoms with Crippen LogP contribution >= 0.6 is 23.1 Å². The van der Waals surface area contributed by atoms with E-state index in [-0.39, 0.29) is 5.78 Å². The molecule has 5 heteroatoms. The molecule has 0 atom stereocenters. The summed E-state index contributed by atoms with van der Waals surface area (Å²) in [4.78, 5) is 22.4. The maximum Gasteiger partial charge on any atom is 0.140 e. The zero-order chi connectivity index (χ0) is 14.8. The highest BCUT2D eigenvalue weighted by molar-refractivity contribution is 8.00. The molecule has 0 aliphatic heterocycles. The molecule has 0 aliphatic rings. The van der Waals surface area contributed by atoms with Gasteiger partial charge in [-0.25, -0.2) is 9.97 Å². The van der Waals surface area contributed by atoms with E-state index < -0.39 is 0 Å².